The van der Waals surface area contributed by atoms with Crippen LogP contribution in [0.2, 0.25) is 0 Å². The van der Waals surface area contributed by atoms with Gasteiger partial charge in [-0.1, -0.05) is 98.4 Å². The number of carbonyl (C=O) groups excluding carboxylic acids is 12. The van der Waals surface area contributed by atoms with E-state index < -0.39 is 156 Å². The molecule has 1 aliphatic rings. The molecule has 0 saturated carbocycles. The minimum absolute atomic E-state index is 0.0164. The van der Waals surface area contributed by atoms with E-state index in [-0.39, 0.29) is 55.4 Å². The number of allylic oxidation sites excluding steroid dienone is 2. The SMILES string of the molecule is CC[C@@H]1NC(=O)C([C@H](O)[C@H](C)CC=CC(=O)P)N(C)C(=O)[C@H](C(C)C)N(C)C(=O)[C@H](CC(C)C)N(C)C(=O)CN(C)C(=O)[C@H](C)NC(=O)[C@H](C)NC(=O)[C@H](CC(C)C)N(C)C(=O)[C@H](C(C)C)NC(=O)[C@H](CC(C)C)N(C)C(=O)CN(C)C1=O. The summed E-state index contributed by atoms with van der Waals surface area (Å²) in [6, 6.07) is -11.4. The maximum Gasteiger partial charge on any atom is 0.246 e. The Kier molecular flexibility index (Phi) is 30.8. The third kappa shape index (κ3) is 21.8. The first-order valence-corrected chi connectivity index (χ1v) is 29.5. The molecule has 24 nitrogen and oxygen atoms in total. The zero-order valence-corrected chi connectivity index (χ0v) is 54.6. The van der Waals surface area contributed by atoms with E-state index in [9.17, 15) is 62.6 Å². The highest BCUT2D eigenvalue weighted by molar-refractivity contribution is 7.41. The summed E-state index contributed by atoms with van der Waals surface area (Å²) in [5, 5.41) is 22.8. The van der Waals surface area contributed by atoms with Crippen molar-refractivity contribution in [2.75, 3.05) is 62.4 Å². The van der Waals surface area contributed by atoms with Gasteiger partial charge in [-0.3, -0.25) is 57.5 Å². The summed E-state index contributed by atoms with van der Waals surface area (Å²) in [5.74, 6) is -10.2. The molecule has 1 rings (SSSR count). The average molecular weight is 1190 g/mol. The maximum atomic E-state index is 15.0. The van der Waals surface area contributed by atoms with Crippen molar-refractivity contribution >= 4 is 79.7 Å². The number of nitrogens with zero attached hydrogens (tertiary/aromatic N) is 7. The van der Waals surface area contributed by atoms with Gasteiger partial charge in [0.25, 0.3) is 0 Å². The van der Waals surface area contributed by atoms with Gasteiger partial charge in [0.1, 0.15) is 54.4 Å². The first kappa shape index (κ1) is 75.0. The molecular weight excluding hydrogens is 1090 g/mol. The van der Waals surface area contributed by atoms with E-state index in [1.54, 1.807) is 41.5 Å². The molecule has 1 aliphatic heterocycles. The van der Waals surface area contributed by atoms with Crippen LogP contribution in [0.25, 0.3) is 0 Å². The number of aliphatic hydroxyl groups is 1. The summed E-state index contributed by atoms with van der Waals surface area (Å²) in [6.07, 6.45) is 1.63. The lowest BCUT2D eigenvalue weighted by Gasteiger charge is -2.41. The molecule has 12 atom stereocenters. The van der Waals surface area contributed by atoms with Gasteiger partial charge < -0.3 is 60.7 Å². The van der Waals surface area contributed by atoms with Crippen molar-refractivity contribution in [2.45, 2.75) is 190 Å². The summed E-state index contributed by atoms with van der Waals surface area (Å²) >= 11 is 0. The molecule has 1 fully saturated rings. The van der Waals surface area contributed by atoms with Crippen molar-refractivity contribution in [1.29, 1.82) is 0 Å². The number of likely N-dealkylation sites (N-methyl/N-ethyl adjacent to an activating group) is 7. The molecular formula is C58H102N11O13P. The van der Waals surface area contributed by atoms with Crippen LogP contribution in [0.15, 0.2) is 12.2 Å². The standard InChI is InChI=1S/C58H102N11O13P/c1-22-39-55(79)64(16)30-43(70)65(17)40(26-31(2)3)52(76)62-46(34(8)9)57(81)67(19)41(27-32(4)5)51(75)59-37(13)50(74)60-38(14)54(78)63(15)29-44(71)66(18)42(28-33(6)7)56(80)68(20)47(35(10)11)58(82)69(21)48(53(77)61-39)49(73)36(12)24-23-25-45(72)83/h23,25,31-42,46-49,73H,22,24,26-30,83H2,1-21H3,(H,59,75)(H,60,74)(H,61,77)(H,62,76)/t36-,37+,38+,39+,40+,41+,42+,46+,47+,48?,49-/m1/s1. The fourth-order valence-corrected chi connectivity index (χ4v) is 10.0. The number of rotatable bonds is 14. The Morgan fingerprint density at radius 3 is 1.41 bits per heavy atom. The Hall–Kier alpha value is -6.03. The Bertz CT molecular complexity index is 2330. The molecule has 2 unspecified atom stereocenters. The first-order chi connectivity index (χ1) is 38.2. The number of carbonyl (C=O) groups is 12. The molecule has 0 bridgehead atoms. The van der Waals surface area contributed by atoms with E-state index >= 15 is 0 Å². The summed E-state index contributed by atoms with van der Waals surface area (Å²) in [6.45, 7) is 22.8. The highest BCUT2D eigenvalue weighted by atomic mass is 31.0. The molecule has 1 saturated heterocycles. The van der Waals surface area contributed by atoms with Gasteiger partial charge in [-0.2, -0.15) is 0 Å². The maximum absolute atomic E-state index is 15.0. The molecule has 0 spiro atoms. The van der Waals surface area contributed by atoms with Crippen LogP contribution in [-0.4, -0.2) is 233 Å². The van der Waals surface area contributed by atoms with Gasteiger partial charge in [0.2, 0.25) is 65.0 Å². The largest absolute Gasteiger partial charge is 0.390 e. The number of hydrogen-bond donors (Lipinski definition) is 5. The molecule has 0 aliphatic carbocycles. The highest BCUT2D eigenvalue weighted by Crippen LogP contribution is 2.24. The summed E-state index contributed by atoms with van der Waals surface area (Å²) < 4.78 is 0. The Balaban J connectivity index is 4.20. The predicted molar refractivity (Wildman–Crippen MR) is 319 cm³/mol. The lowest BCUT2D eigenvalue weighted by molar-refractivity contribution is -0.156. The van der Waals surface area contributed by atoms with E-state index in [2.05, 4.69) is 21.3 Å². The molecule has 0 aromatic rings. The smallest absolute Gasteiger partial charge is 0.246 e. The van der Waals surface area contributed by atoms with Gasteiger partial charge in [0.05, 0.1) is 19.2 Å². The molecule has 472 valence electrons. The zero-order chi connectivity index (χ0) is 64.4. The fourth-order valence-electron chi connectivity index (χ4n) is 9.91. The number of aliphatic hydroxyl groups excluding tert-OH is 1. The molecule has 11 amide bonds. The van der Waals surface area contributed by atoms with Crippen LogP contribution < -0.4 is 21.3 Å². The van der Waals surface area contributed by atoms with Gasteiger partial charge in [-0.05, 0) is 87.5 Å². The normalized spacial score (nSPS) is 26.2. The van der Waals surface area contributed by atoms with E-state index in [4.69, 9.17) is 0 Å². The van der Waals surface area contributed by atoms with Gasteiger partial charge in [0, 0.05) is 49.3 Å². The Morgan fingerprint density at radius 2 is 0.952 bits per heavy atom. The van der Waals surface area contributed by atoms with Gasteiger partial charge in [0.15, 0.2) is 5.52 Å². The second-order valence-electron chi connectivity index (χ2n) is 24.5. The number of hydrogen-bond acceptors (Lipinski definition) is 13. The van der Waals surface area contributed by atoms with E-state index in [1.165, 1.54) is 94.9 Å². The zero-order valence-electron chi connectivity index (χ0n) is 53.4. The minimum Gasteiger partial charge on any atom is -0.390 e. The van der Waals surface area contributed by atoms with E-state index in [1.807, 2.05) is 50.8 Å². The van der Waals surface area contributed by atoms with Crippen LogP contribution in [0.3, 0.4) is 0 Å². The van der Waals surface area contributed by atoms with Gasteiger partial charge in [-0.25, -0.2) is 0 Å². The van der Waals surface area contributed by atoms with E-state index in [0.29, 0.717) is 0 Å². The van der Waals surface area contributed by atoms with Crippen LogP contribution >= 0.6 is 9.24 Å². The van der Waals surface area contributed by atoms with Crippen LogP contribution in [-0.2, 0) is 57.5 Å². The molecule has 5 N–H and O–H groups in total. The second kappa shape index (κ2) is 34.1. The second-order valence-corrected chi connectivity index (χ2v) is 25.1. The fraction of sp³-hybridized carbons (Fsp3) is 0.759. The Morgan fingerprint density at radius 1 is 0.518 bits per heavy atom. The van der Waals surface area contributed by atoms with Gasteiger partial charge in [-0.15, -0.1) is 0 Å². The minimum atomic E-state index is -1.70. The Labute approximate surface area is 495 Å². The van der Waals surface area contributed by atoms with Crippen LogP contribution in [0.1, 0.15) is 129 Å². The first-order valence-electron chi connectivity index (χ1n) is 28.9. The topological polar surface area (TPSA) is 296 Å². The summed E-state index contributed by atoms with van der Waals surface area (Å²) in [4.78, 5) is 177. The number of nitrogens with one attached hydrogen (secondary N) is 4. The predicted octanol–water partition coefficient (Wildman–Crippen LogP) is 1.24. The van der Waals surface area contributed by atoms with Crippen molar-refractivity contribution in [3.05, 3.63) is 12.2 Å². The summed E-state index contributed by atoms with van der Waals surface area (Å²) in [5.41, 5.74) is -0.343. The van der Waals surface area contributed by atoms with Gasteiger partial charge >= 0.3 is 0 Å². The van der Waals surface area contributed by atoms with Crippen molar-refractivity contribution in [3.63, 3.8) is 0 Å². The molecule has 0 aromatic heterocycles. The van der Waals surface area contributed by atoms with E-state index in [0.717, 1.165) is 14.7 Å². The van der Waals surface area contributed by atoms with Crippen LogP contribution in [0, 0.1) is 35.5 Å². The summed E-state index contributed by atoms with van der Waals surface area (Å²) in [7, 11) is 11.6. The van der Waals surface area contributed by atoms with Crippen LogP contribution in [0.4, 0.5) is 0 Å². The lowest BCUT2D eigenvalue weighted by Crippen LogP contribution is -2.63. The highest BCUT2D eigenvalue weighted by Gasteiger charge is 2.45. The lowest BCUT2D eigenvalue weighted by atomic mass is 9.91. The molecule has 0 radical (unpaired) electrons. The van der Waals surface area contributed by atoms with Crippen molar-refractivity contribution < 1.29 is 62.6 Å². The van der Waals surface area contributed by atoms with Crippen LogP contribution in [0.5, 0.6) is 0 Å². The molecule has 83 heavy (non-hydrogen) atoms. The van der Waals surface area contributed by atoms with Crippen molar-refractivity contribution in [2.24, 2.45) is 35.5 Å². The number of amides is 11. The quantitative estimate of drug-likeness (QED) is 0.121. The molecule has 0 aromatic carbocycles. The third-order valence-corrected chi connectivity index (χ3v) is 15.3. The third-order valence-electron chi connectivity index (χ3n) is 15.1. The average Bonchev–Trinajstić information content (AvgIpc) is 3.50. The van der Waals surface area contributed by atoms with Crippen molar-refractivity contribution in [3.8, 4) is 0 Å². The molecule has 25 heteroatoms. The monoisotopic (exact) mass is 1190 g/mol. The molecule has 1 heterocycles. The van der Waals surface area contributed by atoms with Crippen molar-refractivity contribution in [1.82, 2.24) is 55.6 Å².